The van der Waals surface area contributed by atoms with Gasteiger partial charge in [0, 0.05) is 25.9 Å². The molecule has 7 heteroatoms. The molecule has 0 amide bonds. The number of morpholine rings is 1. The van der Waals surface area contributed by atoms with Crippen molar-refractivity contribution in [2.45, 2.75) is 44.9 Å². The lowest BCUT2D eigenvalue weighted by Crippen LogP contribution is -2.46. The average molecular weight is 280 g/mol. The van der Waals surface area contributed by atoms with Crippen LogP contribution >= 0.6 is 0 Å². The van der Waals surface area contributed by atoms with Crippen LogP contribution in [-0.2, 0) is 20.7 Å². The van der Waals surface area contributed by atoms with E-state index in [1.165, 1.54) is 0 Å². The minimum absolute atomic E-state index is 0.00370. The smallest absolute Gasteiger partial charge is 0.323 e. The van der Waals surface area contributed by atoms with Crippen molar-refractivity contribution in [1.29, 1.82) is 0 Å². The second-order valence-electron chi connectivity index (χ2n) is 5.35. The maximum absolute atomic E-state index is 11.8. The quantitative estimate of drug-likeness (QED) is 0.809. The summed E-state index contributed by atoms with van der Waals surface area (Å²) in [5.41, 5.74) is 0. The molecular formula is C13H20N4O3. The molecule has 0 aliphatic carbocycles. The Labute approximate surface area is 117 Å². The van der Waals surface area contributed by atoms with Gasteiger partial charge >= 0.3 is 5.97 Å². The Morgan fingerprint density at radius 1 is 1.50 bits per heavy atom. The van der Waals surface area contributed by atoms with E-state index in [9.17, 15) is 4.79 Å². The molecule has 0 saturated carbocycles. The van der Waals surface area contributed by atoms with E-state index in [0.717, 1.165) is 25.2 Å². The molecule has 2 aliphatic rings. The molecule has 1 aromatic heterocycles. The lowest BCUT2D eigenvalue weighted by atomic mass is 10.1. The van der Waals surface area contributed by atoms with Gasteiger partial charge in [0.2, 0.25) is 0 Å². The number of hydrogen-bond donors (Lipinski definition) is 1. The minimum atomic E-state index is -0.177. The first kappa shape index (κ1) is 13.5. The van der Waals surface area contributed by atoms with Gasteiger partial charge in [-0.2, -0.15) is 5.10 Å². The highest BCUT2D eigenvalue weighted by molar-refractivity contribution is 5.78. The van der Waals surface area contributed by atoms with Gasteiger partial charge in [-0.3, -0.25) is 14.8 Å². The summed E-state index contributed by atoms with van der Waals surface area (Å²) < 4.78 is 11.0. The molecule has 0 spiro atoms. The first-order valence-electron chi connectivity index (χ1n) is 7.14. The van der Waals surface area contributed by atoms with E-state index in [-0.39, 0.29) is 24.2 Å². The fraction of sp³-hybridized carbons (Fsp3) is 0.769. The number of aromatic nitrogens is 3. The summed E-state index contributed by atoms with van der Waals surface area (Å²) in [6.07, 6.45) is 1.39. The van der Waals surface area contributed by atoms with Crippen LogP contribution in [0, 0.1) is 0 Å². The topological polar surface area (TPSA) is 80.3 Å². The van der Waals surface area contributed by atoms with Gasteiger partial charge in [-0.25, -0.2) is 4.98 Å². The van der Waals surface area contributed by atoms with Crippen LogP contribution in [0.3, 0.4) is 0 Å². The summed E-state index contributed by atoms with van der Waals surface area (Å²) in [4.78, 5) is 18.4. The summed E-state index contributed by atoms with van der Waals surface area (Å²) in [7, 11) is 0. The number of carbonyl (C=O) groups is 1. The number of hydrogen-bond acceptors (Lipinski definition) is 6. The number of rotatable bonds is 3. The second kappa shape index (κ2) is 5.49. The summed E-state index contributed by atoms with van der Waals surface area (Å²) in [5, 5.41) is 7.10. The van der Waals surface area contributed by atoms with Crippen molar-refractivity contribution >= 4 is 5.97 Å². The van der Waals surface area contributed by atoms with Crippen LogP contribution in [0.4, 0.5) is 0 Å². The molecule has 20 heavy (non-hydrogen) atoms. The molecule has 110 valence electrons. The number of aromatic amines is 1. The lowest BCUT2D eigenvalue weighted by Gasteiger charge is -2.33. The van der Waals surface area contributed by atoms with E-state index >= 15 is 0 Å². The number of nitrogens with one attached hydrogen (secondary N) is 1. The zero-order valence-electron chi connectivity index (χ0n) is 11.8. The third-order valence-electron chi connectivity index (χ3n) is 3.86. The van der Waals surface area contributed by atoms with Crippen LogP contribution in [-0.4, -0.2) is 57.9 Å². The maximum atomic E-state index is 11.8. The van der Waals surface area contributed by atoms with E-state index in [1.807, 2.05) is 13.8 Å². The summed E-state index contributed by atoms with van der Waals surface area (Å²) in [5.74, 6) is 1.41. The molecule has 3 atom stereocenters. The molecular weight excluding hydrogens is 260 g/mol. The van der Waals surface area contributed by atoms with Gasteiger partial charge in [-0.05, 0) is 6.92 Å². The zero-order valence-corrected chi connectivity index (χ0v) is 11.8. The Morgan fingerprint density at radius 2 is 2.35 bits per heavy atom. The predicted octanol–water partition coefficient (Wildman–Crippen LogP) is 0.444. The molecule has 2 aliphatic heterocycles. The number of nitrogens with zero attached hydrogens (tertiary/aromatic N) is 3. The molecule has 2 fully saturated rings. The van der Waals surface area contributed by atoms with Crippen molar-refractivity contribution in [3.63, 3.8) is 0 Å². The Bertz CT molecular complexity index is 490. The number of esters is 1. The third-order valence-corrected chi connectivity index (χ3v) is 3.86. The van der Waals surface area contributed by atoms with Crippen LogP contribution in [0.25, 0.3) is 0 Å². The highest BCUT2D eigenvalue weighted by Gasteiger charge is 2.39. The molecule has 3 heterocycles. The van der Waals surface area contributed by atoms with E-state index in [2.05, 4.69) is 20.1 Å². The van der Waals surface area contributed by atoms with Crippen molar-refractivity contribution in [3.05, 3.63) is 11.6 Å². The molecule has 3 rings (SSSR count). The summed E-state index contributed by atoms with van der Waals surface area (Å²) in [6.45, 7) is 5.91. The molecule has 1 N–H and O–H groups in total. The molecule has 0 radical (unpaired) electrons. The zero-order chi connectivity index (χ0) is 14.1. The van der Waals surface area contributed by atoms with Crippen molar-refractivity contribution in [1.82, 2.24) is 20.1 Å². The van der Waals surface area contributed by atoms with Crippen LogP contribution in [0.5, 0.6) is 0 Å². The van der Waals surface area contributed by atoms with Crippen LogP contribution in [0.15, 0.2) is 0 Å². The largest absolute Gasteiger partial charge is 0.461 e. The van der Waals surface area contributed by atoms with Crippen molar-refractivity contribution < 1.29 is 14.3 Å². The normalized spacial score (nSPS) is 31.5. The van der Waals surface area contributed by atoms with Crippen molar-refractivity contribution in [2.24, 2.45) is 0 Å². The molecule has 0 bridgehead atoms. The Balaban J connectivity index is 1.68. The van der Waals surface area contributed by atoms with Gasteiger partial charge < -0.3 is 9.47 Å². The molecule has 2 saturated heterocycles. The van der Waals surface area contributed by atoms with Crippen LogP contribution in [0.1, 0.15) is 38.0 Å². The minimum Gasteiger partial charge on any atom is -0.461 e. The van der Waals surface area contributed by atoms with E-state index in [0.29, 0.717) is 19.0 Å². The Kier molecular flexibility index (Phi) is 3.71. The van der Waals surface area contributed by atoms with Gasteiger partial charge in [0.25, 0.3) is 0 Å². The molecule has 1 aromatic rings. The van der Waals surface area contributed by atoms with Gasteiger partial charge in [0.1, 0.15) is 24.1 Å². The van der Waals surface area contributed by atoms with Crippen LogP contribution in [0.2, 0.25) is 0 Å². The Morgan fingerprint density at radius 3 is 3.00 bits per heavy atom. The molecule has 7 nitrogen and oxygen atoms in total. The van der Waals surface area contributed by atoms with Crippen LogP contribution < -0.4 is 0 Å². The monoisotopic (exact) mass is 280 g/mol. The maximum Gasteiger partial charge on any atom is 0.323 e. The second-order valence-corrected chi connectivity index (χ2v) is 5.35. The van der Waals surface area contributed by atoms with Crippen molar-refractivity contribution in [2.75, 3.05) is 19.7 Å². The summed E-state index contributed by atoms with van der Waals surface area (Å²) >= 11 is 0. The first-order chi connectivity index (χ1) is 9.67. The number of carbonyl (C=O) groups excluding carboxylic acids is 1. The number of H-pyrrole nitrogens is 1. The van der Waals surface area contributed by atoms with E-state index < -0.39 is 0 Å². The van der Waals surface area contributed by atoms with E-state index in [1.54, 1.807) is 0 Å². The Hall–Kier alpha value is -1.47. The van der Waals surface area contributed by atoms with Gasteiger partial charge in [-0.1, -0.05) is 6.92 Å². The number of aryl methyl sites for hydroxylation is 1. The van der Waals surface area contributed by atoms with Crippen molar-refractivity contribution in [3.8, 4) is 0 Å². The number of cyclic esters (lactones) is 1. The highest BCUT2D eigenvalue weighted by Crippen LogP contribution is 2.26. The standard InChI is InChI=1S/C13H20N4O3/c1-3-11-14-12(16-15-11)10-7-17(4-5-19-10)9-6-8(2)20-13(9)18/h8-10H,3-7H2,1-2H3,(H,14,15,16). The molecule has 0 aromatic carbocycles. The lowest BCUT2D eigenvalue weighted by molar-refractivity contribution is -0.147. The molecule has 3 unspecified atom stereocenters. The summed E-state index contributed by atoms with van der Waals surface area (Å²) in [6, 6.07) is -0.152. The fourth-order valence-electron chi connectivity index (χ4n) is 2.75. The third kappa shape index (κ3) is 2.55. The van der Waals surface area contributed by atoms with E-state index in [4.69, 9.17) is 9.47 Å². The van der Waals surface area contributed by atoms with Gasteiger partial charge in [-0.15, -0.1) is 0 Å². The SMILES string of the molecule is CCc1nc(C2CN(C3CC(C)OC3=O)CCO2)n[nH]1. The number of ether oxygens (including phenoxy) is 2. The highest BCUT2D eigenvalue weighted by atomic mass is 16.6. The van der Waals surface area contributed by atoms with Gasteiger partial charge in [0.05, 0.1) is 6.61 Å². The first-order valence-corrected chi connectivity index (χ1v) is 7.14. The average Bonchev–Trinajstić information content (AvgIpc) is 3.05. The van der Waals surface area contributed by atoms with Gasteiger partial charge in [0.15, 0.2) is 5.82 Å². The fourth-order valence-corrected chi connectivity index (χ4v) is 2.75. The predicted molar refractivity (Wildman–Crippen MR) is 70.0 cm³/mol.